The van der Waals surface area contributed by atoms with Crippen LogP contribution in [-0.2, 0) is 33.0 Å². The zero-order valence-corrected chi connectivity index (χ0v) is 21.6. The van der Waals surface area contributed by atoms with E-state index < -0.39 is 47.4 Å². The van der Waals surface area contributed by atoms with Crippen LogP contribution in [0.4, 0.5) is 13.2 Å². The van der Waals surface area contributed by atoms with E-state index in [1.54, 1.807) is 20.8 Å². The number of hydrogen-bond donors (Lipinski definition) is 0. The summed E-state index contributed by atoms with van der Waals surface area (Å²) in [6.45, 7) is 14.7. The lowest BCUT2D eigenvalue weighted by atomic mass is 9.97. The van der Waals surface area contributed by atoms with Crippen molar-refractivity contribution in [2.45, 2.75) is 84.1 Å². The molecule has 0 bridgehead atoms. The molecule has 7 nitrogen and oxygen atoms in total. The molecule has 0 unspecified atom stereocenters. The predicted octanol–water partition coefficient (Wildman–Crippen LogP) is 5.37. The molecule has 1 aliphatic rings. The Balaban J connectivity index is 3.19. The topological polar surface area (TPSA) is 88.1 Å². The summed E-state index contributed by atoms with van der Waals surface area (Å²) in [5.74, 6) is -0.960. The van der Waals surface area contributed by atoms with Gasteiger partial charge in [-0.3, -0.25) is 4.79 Å². The normalized spacial score (nSPS) is 22.3. The zero-order chi connectivity index (χ0) is 25.2. The molecule has 0 saturated heterocycles. The van der Waals surface area contributed by atoms with Gasteiger partial charge in [0, 0.05) is 12.5 Å². The maximum absolute atomic E-state index is 12.8. The first-order chi connectivity index (χ1) is 14.2. The van der Waals surface area contributed by atoms with Crippen molar-refractivity contribution in [2.24, 2.45) is 5.41 Å². The zero-order valence-electron chi connectivity index (χ0n) is 19.8. The second-order valence-corrected chi connectivity index (χ2v) is 16.4. The number of rotatable bonds is 6. The quantitative estimate of drug-likeness (QED) is 0.209. The van der Waals surface area contributed by atoms with Crippen molar-refractivity contribution < 1.29 is 44.5 Å². The molecule has 32 heavy (non-hydrogen) atoms. The summed E-state index contributed by atoms with van der Waals surface area (Å²) in [5.41, 5.74) is -6.43. The number of allylic oxidation sites excluding steroid dienone is 3. The Bertz CT molecular complexity index is 848. The van der Waals surface area contributed by atoms with Crippen LogP contribution in [0, 0.1) is 5.41 Å². The molecular weight excluding hydrogens is 469 g/mol. The van der Waals surface area contributed by atoms with Crippen molar-refractivity contribution in [3.8, 4) is 0 Å². The van der Waals surface area contributed by atoms with E-state index in [0.29, 0.717) is 12.2 Å². The maximum Gasteiger partial charge on any atom is 0.534 e. The molecule has 0 aromatic heterocycles. The highest BCUT2D eigenvalue weighted by Crippen LogP contribution is 2.39. The maximum atomic E-state index is 12.8. The molecule has 0 radical (unpaired) electrons. The van der Waals surface area contributed by atoms with Gasteiger partial charge in [-0.25, -0.2) is 0 Å². The number of alkyl halides is 3. The van der Waals surface area contributed by atoms with Gasteiger partial charge in [-0.05, 0) is 51.4 Å². The van der Waals surface area contributed by atoms with Crippen LogP contribution in [0.2, 0.25) is 18.1 Å². The van der Waals surface area contributed by atoms with Crippen molar-refractivity contribution in [2.75, 3.05) is 6.61 Å². The Morgan fingerprint density at radius 1 is 1.12 bits per heavy atom. The molecule has 1 aliphatic heterocycles. The molecule has 1 atom stereocenters. The molecule has 1 rings (SSSR count). The monoisotopic (exact) mass is 502 g/mol. The van der Waals surface area contributed by atoms with Gasteiger partial charge in [-0.2, -0.15) is 21.6 Å². The van der Waals surface area contributed by atoms with Crippen LogP contribution in [0.25, 0.3) is 0 Å². The summed E-state index contributed by atoms with van der Waals surface area (Å²) >= 11 is 0. The third kappa shape index (κ3) is 8.02. The third-order valence-electron chi connectivity index (χ3n) is 5.08. The van der Waals surface area contributed by atoms with Crippen LogP contribution in [0.5, 0.6) is 0 Å². The van der Waals surface area contributed by atoms with Crippen molar-refractivity contribution in [1.82, 2.24) is 0 Å². The highest BCUT2D eigenvalue weighted by molar-refractivity contribution is 7.87. The van der Waals surface area contributed by atoms with E-state index in [1.807, 2.05) is 33.9 Å². The summed E-state index contributed by atoms with van der Waals surface area (Å²) < 4.78 is 82.2. The molecule has 0 saturated carbocycles. The van der Waals surface area contributed by atoms with Crippen LogP contribution in [0.3, 0.4) is 0 Å². The minimum absolute atomic E-state index is 0.142. The fourth-order valence-corrected chi connectivity index (χ4v) is 3.62. The van der Waals surface area contributed by atoms with Crippen LogP contribution < -0.4 is 0 Å². The minimum Gasteiger partial charge on any atom is -0.547 e. The number of ether oxygens (including phenoxy) is 2. The molecule has 0 spiro atoms. The lowest BCUT2D eigenvalue weighted by molar-refractivity contribution is -0.157. The Morgan fingerprint density at radius 2 is 1.69 bits per heavy atom. The van der Waals surface area contributed by atoms with Gasteiger partial charge in [0.2, 0.25) is 8.32 Å². The molecule has 1 heterocycles. The van der Waals surface area contributed by atoms with Crippen LogP contribution >= 0.6 is 0 Å². The van der Waals surface area contributed by atoms with Gasteiger partial charge >= 0.3 is 21.6 Å². The first-order valence-corrected chi connectivity index (χ1v) is 14.4. The van der Waals surface area contributed by atoms with E-state index in [1.165, 1.54) is 6.08 Å². The van der Waals surface area contributed by atoms with Gasteiger partial charge in [0.1, 0.15) is 12.7 Å². The smallest absolute Gasteiger partial charge is 0.534 e. The van der Waals surface area contributed by atoms with E-state index in [2.05, 4.69) is 4.18 Å². The Kier molecular flexibility index (Phi) is 8.55. The predicted molar refractivity (Wildman–Crippen MR) is 115 cm³/mol. The summed E-state index contributed by atoms with van der Waals surface area (Å²) in [7, 11) is -8.22. The number of halogens is 3. The molecular formula is C20H33F3O7SSi. The molecule has 0 N–H and O–H groups in total. The van der Waals surface area contributed by atoms with E-state index in [-0.39, 0.29) is 18.1 Å². The SMILES string of the molecule is CC(C)(C)C(=O)OC[C@H]1CC/C(O[Si](C)(C)C(C)(C)C)=C\C=C(\OS(=O)(=O)C(F)(F)F)O1. The Hall–Kier alpha value is -1.69. The van der Waals surface area contributed by atoms with E-state index >= 15 is 0 Å². The van der Waals surface area contributed by atoms with Gasteiger partial charge in [0.25, 0.3) is 5.95 Å². The fourth-order valence-electron chi connectivity index (χ4n) is 2.08. The number of carbonyl (C=O) groups excluding carboxylic acids is 1. The largest absolute Gasteiger partial charge is 0.547 e. The van der Waals surface area contributed by atoms with Crippen molar-refractivity contribution >= 4 is 24.4 Å². The number of hydrogen-bond acceptors (Lipinski definition) is 7. The first kappa shape index (κ1) is 28.3. The third-order valence-corrected chi connectivity index (χ3v) is 10.4. The van der Waals surface area contributed by atoms with Crippen molar-refractivity contribution in [1.29, 1.82) is 0 Å². The van der Waals surface area contributed by atoms with Crippen molar-refractivity contribution in [3.05, 3.63) is 23.9 Å². The summed E-state index contributed by atoms with van der Waals surface area (Å²) in [6, 6.07) is 0. The highest BCUT2D eigenvalue weighted by atomic mass is 32.2. The van der Waals surface area contributed by atoms with Gasteiger partial charge in [-0.1, -0.05) is 20.8 Å². The molecule has 0 amide bonds. The van der Waals surface area contributed by atoms with Gasteiger partial charge < -0.3 is 18.1 Å². The van der Waals surface area contributed by atoms with E-state index in [9.17, 15) is 26.4 Å². The summed E-state index contributed by atoms with van der Waals surface area (Å²) in [4.78, 5) is 12.1. The first-order valence-electron chi connectivity index (χ1n) is 10.1. The summed E-state index contributed by atoms with van der Waals surface area (Å²) in [6.07, 6.45) is 1.93. The standard InChI is InChI=1S/C20H33F3O7SSi/c1-18(2,3)17(24)27-13-15-10-9-14(30-32(7,8)19(4,5)6)11-12-16(28-15)29-31(25,26)20(21,22)23/h11-12,15H,9-10,13H2,1-8H3/b14-11+,16-12+/t15-/m1/s1. The Labute approximate surface area is 189 Å². The lowest BCUT2D eigenvalue weighted by Gasteiger charge is -2.37. The second kappa shape index (κ2) is 9.66. The highest BCUT2D eigenvalue weighted by Gasteiger charge is 2.49. The number of esters is 1. The van der Waals surface area contributed by atoms with E-state index in [4.69, 9.17) is 13.9 Å². The molecule has 0 aromatic rings. The molecule has 186 valence electrons. The minimum atomic E-state index is -5.94. The summed E-state index contributed by atoms with van der Waals surface area (Å²) in [5, 5.41) is -0.142. The van der Waals surface area contributed by atoms with Crippen LogP contribution in [0.1, 0.15) is 54.4 Å². The lowest BCUT2D eigenvalue weighted by Crippen LogP contribution is -2.40. The molecule has 0 aromatic carbocycles. The van der Waals surface area contributed by atoms with Gasteiger partial charge in [-0.15, -0.1) is 0 Å². The molecule has 12 heteroatoms. The van der Waals surface area contributed by atoms with Crippen molar-refractivity contribution in [3.63, 3.8) is 0 Å². The van der Waals surface area contributed by atoms with Gasteiger partial charge in [0.05, 0.1) is 11.2 Å². The second-order valence-electron chi connectivity index (χ2n) is 10.1. The average molecular weight is 503 g/mol. The molecule has 0 fully saturated rings. The number of carbonyl (C=O) groups is 1. The van der Waals surface area contributed by atoms with Gasteiger partial charge in [0.15, 0.2) is 0 Å². The van der Waals surface area contributed by atoms with Crippen LogP contribution in [0.15, 0.2) is 23.9 Å². The van der Waals surface area contributed by atoms with E-state index in [0.717, 1.165) is 6.08 Å². The average Bonchev–Trinajstić information content (AvgIpc) is 2.55. The molecule has 0 aliphatic carbocycles. The fraction of sp³-hybridized carbons (Fsp3) is 0.750. The Morgan fingerprint density at radius 3 is 2.16 bits per heavy atom. The van der Waals surface area contributed by atoms with Crippen LogP contribution in [-0.4, -0.2) is 40.9 Å².